The van der Waals surface area contributed by atoms with Crippen molar-refractivity contribution in [2.45, 2.75) is 52.9 Å². The number of amides is 1. The number of unbranched alkanes of at least 4 members (excludes halogenated alkanes) is 3. The van der Waals surface area contributed by atoms with Gasteiger partial charge in [-0.25, -0.2) is 0 Å². The molecule has 0 rings (SSSR count). The third kappa shape index (κ3) is 11.8. The topological polar surface area (TPSA) is 35.6 Å². The minimum atomic E-state index is 0.0851. The smallest absolute Gasteiger partial charge is 0.246 e. The van der Waals surface area contributed by atoms with Crippen LogP contribution in [0.3, 0.4) is 0 Å². The Morgan fingerprint density at radius 2 is 1.68 bits per heavy atom. The molecule has 0 radical (unpaired) electrons. The monoisotopic (exact) mass is 311 g/mol. The van der Waals surface area contributed by atoms with Gasteiger partial charge in [0.15, 0.2) is 0 Å². The molecule has 1 N–H and O–H groups in total. The summed E-state index contributed by atoms with van der Waals surface area (Å²) < 4.78 is 0. The normalized spacial score (nSPS) is 12.2. The average molecular weight is 312 g/mol. The molecule has 130 valence electrons. The number of rotatable bonds is 13. The molecule has 22 heavy (non-hydrogen) atoms. The van der Waals surface area contributed by atoms with Crippen molar-refractivity contribution in [1.29, 1.82) is 0 Å². The fraction of sp³-hybridized carbons (Fsp3) is 0.833. The Morgan fingerprint density at radius 1 is 1.00 bits per heavy atom. The molecule has 0 aromatic rings. The van der Waals surface area contributed by atoms with E-state index in [1.807, 2.05) is 21.0 Å². The number of nitrogens with one attached hydrogen (secondary N) is 1. The van der Waals surface area contributed by atoms with E-state index in [1.54, 1.807) is 0 Å². The highest BCUT2D eigenvalue weighted by atomic mass is 16.1. The van der Waals surface area contributed by atoms with Crippen molar-refractivity contribution >= 4 is 5.91 Å². The first-order valence-corrected chi connectivity index (χ1v) is 8.83. The first-order chi connectivity index (χ1) is 10.5. The molecule has 0 atom stereocenters. The lowest BCUT2D eigenvalue weighted by Gasteiger charge is -2.17. The van der Waals surface area contributed by atoms with Gasteiger partial charge in [0.2, 0.25) is 5.91 Å². The third-order valence-corrected chi connectivity index (χ3v) is 3.95. The molecule has 0 aliphatic rings. The van der Waals surface area contributed by atoms with Crippen molar-refractivity contribution in [3.63, 3.8) is 0 Å². The molecule has 0 aromatic heterocycles. The van der Waals surface area contributed by atoms with E-state index in [0.29, 0.717) is 0 Å². The largest absolute Gasteiger partial charge is 0.352 e. The summed E-state index contributed by atoms with van der Waals surface area (Å²) in [6, 6.07) is 0. The van der Waals surface area contributed by atoms with Gasteiger partial charge in [0, 0.05) is 12.1 Å². The van der Waals surface area contributed by atoms with Crippen LogP contribution < -0.4 is 5.32 Å². The Balaban J connectivity index is 3.68. The molecule has 0 spiro atoms. The van der Waals surface area contributed by atoms with Crippen LogP contribution in [0.1, 0.15) is 52.9 Å². The first kappa shape index (κ1) is 21.1. The highest BCUT2D eigenvalue weighted by molar-refractivity contribution is 5.92. The van der Waals surface area contributed by atoms with E-state index in [9.17, 15) is 4.79 Å². The minimum Gasteiger partial charge on any atom is -0.352 e. The molecule has 0 saturated carbocycles. The first-order valence-electron chi connectivity index (χ1n) is 8.83. The maximum atomic E-state index is 11.9. The molecule has 0 heterocycles. The summed E-state index contributed by atoms with van der Waals surface area (Å²) in [6.45, 7) is 11.6. The Labute approximate surface area is 137 Å². The van der Waals surface area contributed by atoms with Crippen molar-refractivity contribution in [3.8, 4) is 0 Å². The quantitative estimate of drug-likeness (QED) is 0.420. The van der Waals surface area contributed by atoms with Crippen LogP contribution in [0.4, 0.5) is 0 Å². The van der Waals surface area contributed by atoms with Gasteiger partial charge < -0.3 is 15.1 Å². The number of carbonyl (C=O) groups excluding carboxylic acids is 1. The molecule has 0 saturated heterocycles. The van der Waals surface area contributed by atoms with Gasteiger partial charge >= 0.3 is 0 Å². The second kappa shape index (κ2) is 13.8. The SMILES string of the molecule is CCN(CC)CCCCCC=C(C)C(=O)NCCCN(C)C. The molecule has 1 amide bonds. The lowest BCUT2D eigenvalue weighted by Crippen LogP contribution is -2.27. The second-order valence-electron chi connectivity index (χ2n) is 6.18. The zero-order valence-electron chi connectivity index (χ0n) is 15.5. The zero-order chi connectivity index (χ0) is 16.8. The lowest BCUT2D eigenvalue weighted by molar-refractivity contribution is -0.117. The fourth-order valence-corrected chi connectivity index (χ4v) is 2.34. The minimum absolute atomic E-state index is 0.0851. The van der Waals surface area contributed by atoms with E-state index < -0.39 is 0 Å². The van der Waals surface area contributed by atoms with E-state index in [0.717, 1.165) is 44.6 Å². The van der Waals surface area contributed by atoms with Crippen molar-refractivity contribution in [3.05, 3.63) is 11.6 Å². The van der Waals surface area contributed by atoms with Crippen molar-refractivity contribution in [1.82, 2.24) is 15.1 Å². The predicted octanol–water partition coefficient (Wildman–Crippen LogP) is 2.90. The van der Waals surface area contributed by atoms with Gasteiger partial charge in [0.1, 0.15) is 0 Å². The van der Waals surface area contributed by atoms with Crippen LogP contribution in [0.25, 0.3) is 0 Å². The van der Waals surface area contributed by atoms with E-state index in [-0.39, 0.29) is 5.91 Å². The number of hydrogen-bond acceptors (Lipinski definition) is 3. The fourth-order valence-electron chi connectivity index (χ4n) is 2.34. The Bertz CT molecular complexity index is 309. The third-order valence-electron chi connectivity index (χ3n) is 3.95. The van der Waals surface area contributed by atoms with Gasteiger partial charge in [-0.2, -0.15) is 0 Å². The molecular formula is C18H37N3O. The van der Waals surface area contributed by atoms with Crippen LogP contribution in [0.5, 0.6) is 0 Å². The van der Waals surface area contributed by atoms with Crippen LogP contribution in [0.2, 0.25) is 0 Å². The Morgan fingerprint density at radius 3 is 2.27 bits per heavy atom. The number of nitrogens with zero attached hydrogens (tertiary/aromatic N) is 2. The molecule has 0 unspecified atom stereocenters. The summed E-state index contributed by atoms with van der Waals surface area (Å²) in [4.78, 5) is 16.5. The summed E-state index contributed by atoms with van der Waals surface area (Å²) in [6.07, 6.45) is 7.76. The molecular weight excluding hydrogens is 274 g/mol. The van der Waals surface area contributed by atoms with Gasteiger partial charge in [0.25, 0.3) is 0 Å². The van der Waals surface area contributed by atoms with Gasteiger partial charge in [-0.1, -0.05) is 26.3 Å². The van der Waals surface area contributed by atoms with E-state index in [1.165, 1.54) is 25.8 Å². The molecule has 0 fully saturated rings. The molecule has 0 bridgehead atoms. The average Bonchev–Trinajstić information content (AvgIpc) is 2.50. The van der Waals surface area contributed by atoms with Gasteiger partial charge in [-0.15, -0.1) is 0 Å². The molecule has 4 heteroatoms. The van der Waals surface area contributed by atoms with Crippen molar-refractivity contribution in [2.75, 3.05) is 46.8 Å². The van der Waals surface area contributed by atoms with E-state index in [2.05, 4.69) is 35.0 Å². The van der Waals surface area contributed by atoms with Crippen LogP contribution in [0.15, 0.2) is 11.6 Å². The summed E-state index contributed by atoms with van der Waals surface area (Å²) >= 11 is 0. The molecule has 0 aliphatic carbocycles. The molecule has 0 aliphatic heterocycles. The number of allylic oxidation sites excluding steroid dienone is 1. The van der Waals surface area contributed by atoms with Crippen molar-refractivity contribution in [2.24, 2.45) is 0 Å². The van der Waals surface area contributed by atoms with Gasteiger partial charge in [-0.05, 0) is 72.9 Å². The zero-order valence-corrected chi connectivity index (χ0v) is 15.5. The molecule has 4 nitrogen and oxygen atoms in total. The standard InChI is InChI=1S/C18H37N3O/c1-6-21(7-2)16-11-9-8-10-13-17(3)18(22)19-14-12-15-20(4)5/h13H,6-12,14-16H2,1-5H3,(H,19,22). The second-order valence-corrected chi connectivity index (χ2v) is 6.18. The summed E-state index contributed by atoms with van der Waals surface area (Å²) in [5.74, 6) is 0.0851. The highest BCUT2D eigenvalue weighted by Gasteiger charge is 2.03. The van der Waals surface area contributed by atoms with Crippen LogP contribution >= 0.6 is 0 Å². The van der Waals surface area contributed by atoms with Crippen LogP contribution in [-0.2, 0) is 4.79 Å². The predicted molar refractivity (Wildman–Crippen MR) is 96.2 cm³/mol. The number of hydrogen-bond donors (Lipinski definition) is 1. The van der Waals surface area contributed by atoms with E-state index >= 15 is 0 Å². The maximum absolute atomic E-state index is 11.9. The summed E-state index contributed by atoms with van der Waals surface area (Å²) in [5, 5.41) is 2.98. The molecule has 0 aromatic carbocycles. The van der Waals surface area contributed by atoms with E-state index in [4.69, 9.17) is 0 Å². The van der Waals surface area contributed by atoms with Crippen LogP contribution in [-0.4, -0.2) is 62.5 Å². The van der Waals surface area contributed by atoms with Gasteiger partial charge in [-0.3, -0.25) is 4.79 Å². The van der Waals surface area contributed by atoms with Gasteiger partial charge in [0.05, 0.1) is 0 Å². The Hall–Kier alpha value is -0.870. The van der Waals surface area contributed by atoms with Crippen LogP contribution in [0, 0.1) is 0 Å². The Kier molecular flexibility index (Phi) is 13.2. The van der Waals surface area contributed by atoms with Crippen molar-refractivity contribution < 1.29 is 4.79 Å². The summed E-state index contributed by atoms with van der Waals surface area (Å²) in [5.41, 5.74) is 0.855. The lowest BCUT2D eigenvalue weighted by atomic mass is 10.1. The maximum Gasteiger partial charge on any atom is 0.246 e. The highest BCUT2D eigenvalue weighted by Crippen LogP contribution is 2.05. The number of carbonyl (C=O) groups is 1. The summed E-state index contributed by atoms with van der Waals surface area (Å²) in [7, 11) is 4.10.